The summed E-state index contributed by atoms with van der Waals surface area (Å²) in [5.41, 5.74) is 4.83. The number of nitrogens with one attached hydrogen (secondary N) is 1. The third-order valence-electron chi connectivity index (χ3n) is 4.26. The van der Waals surface area contributed by atoms with Crippen LogP contribution in [0.25, 0.3) is 17.1 Å². The van der Waals surface area contributed by atoms with Gasteiger partial charge in [0.15, 0.2) is 11.0 Å². The highest BCUT2D eigenvalue weighted by molar-refractivity contribution is 7.99. The summed E-state index contributed by atoms with van der Waals surface area (Å²) in [4.78, 5) is 12.2. The average molecular weight is 431 g/mol. The molecule has 0 spiro atoms. The monoisotopic (exact) mass is 431 g/mol. The van der Waals surface area contributed by atoms with Gasteiger partial charge in [-0.05, 0) is 29.8 Å². The number of aromatic nitrogens is 3. The number of hydrogen-bond donors (Lipinski definition) is 1. The number of thioether (sulfide) groups is 1. The van der Waals surface area contributed by atoms with Gasteiger partial charge < -0.3 is 0 Å². The molecule has 0 unspecified atom stereocenters. The molecule has 0 atom stereocenters. The number of carbonyl (C=O) groups is 1. The first-order valence-corrected chi connectivity index (χ1v) is 10.5. The molecule has 0 aliphatic rings. The number of halogens is 1. The van der Waals surface area contributed by atoms with Gasteiger partial charge in [-0.15, -0.1) is 10.2 Å². The predicted molar refractivity (Wildman–Crippen MR) is 120 cm³/mol. The summed E-state index contributed by atoms with van der Waals surface area (Å²) in [5.74, 6) is 0.126. The number of hydrazone groups is 1. The molecular formula is C23H18FN5OS. The van der Waals surface area contributed by atoms with Crippen molar-refractivity contribution >= 4 is 23.9 Å². The number of para-hydroxylation sites is 1. The van der Waals surface area contributed by atoms with Crippen LogP contribution < -0.4 is 5.43 Å². The number of benzene rings is 3. The number of nitrogens with zero attached hydrogens (tertiary/aromatic N) is 4. The quantitative estimate of drug-likeness (QED) is 0.269. The molecule has 0 aliphatic heterocycles. The number of carbonyl (C=O) groups excluding carboxylic acids is 1. The van der Waals surface area contributed by atoms with Crippen LogP contribution in [0.3, 0.4) is 0 Å². The Morgan fingerprint density at radius 3 is 2.48 bits per heavy atom. The topological polar surface area (TPSA) is 72.2 Å². The van der Waals surface area contributed by atoms with Gasteiger partial charge >= 0.3 is 0 Å². The Kier molecular flexibility index (Phi) is 6.49. The van der Waals surface area contributed by atoms with E-state index in [0.717, 1.165) is 11.3 Å². The maximum Gasteiger partial charge on any atom is 0.250 e. The van der Waals surface area contributed by atoms with Gasteiger partial charge in [0.25, 0.3) is 5.91 Å². The fraction of sp³-hybridized carbons (Fsp3) is 0.0435. The highest BCUT2D eigenvalue weighted by atomic mass is 32.2. The second-order valence-corrected chi connectivity index (χ2v) is 7.42. The molecule has 0 bridgehead atoms. The Hall–Kier alpha value is -3.78. The van der Waals surface area contributed by atoms with Crippen LogP contribution in [0.4, 0.5) is 4.39 Å². The molecule has 0 radical (unpaired) electrons. The summed E-state index contributed by atoms with van der Waals surface area (Å²) in [6.07, 6.45) is 1.39. The van der Waals surface area contributed by atoms with Crippen molar-refractivity contribution in [2.24, 2.45) is 5.10 Å². The Morgan fingerprint density at radius 2 is 1.74 bits per heavy atom. The summed E-state index contributed by atoms with van der Waals surface area (Å²) in [7, 11) is 0. The minimum atomic E-state index is -0.361. The molecule has 154 valence electrons. The van der Waals surface area contributed by atoms with E-state index in [9.17, 15) is 9.18 Å². The van der Waals surface area contributed by atoms with E-state index in [2.05, 4.69) is 20.7 Å². The number of amides is 1. The lowest BCUT2D eigenvalue weighted by Gasteiger charge is -2.10. The first kappa shape index (κ1) is 20.5. The van der Waals surface area contributed by atoms with Crippen LogP contribution in [-0.2, 0) is 4.79 Å². The van der Waals surface area contributed by atoms with E-state index in [1.165, 1.54) is 30.1 Å². The highest BCUT2D eigenvalue weighted by Crippen LogP contribution is 2.27. The van der Waals surface area contributed by atoms with Gasteiger partial charge in [-0.1, -0.05) is 72.4 Å². The SMILES string of the molecule is O=C(CSc1nnc(-c2ccccc2)n1-c1ccccc1)N/N=C\c1cccc(F)c1. The standard InChI is InChI=1S/C23H18FN5OS/c24-19-11-7-8-17(14-19)15-25-26-21(30)16-31-23-28-27-22(18-9-3-1-4-10-18)29(23)20-12-5-2-6-13-20/h1-15H,16H2,(H,26,30)/b25-15-. The summed E-state index contributed by atoms with van der Waals surface area (Å²) in [6.45, 7) is 0. The van der Waals surface area contributed by atoms with Crippen LogP contribution in [-0.4, -0.2) is 32.6 Å². The smallest absolute Gasteiger partial charge is 0.250 e. The molecule has 4 aromatic rings. The van der Waals surface area contributed by atoms with E-state index in [-0.39, 0.29) is 17.5 Å². The molecule has 8 heteroatoms. The maximum absolute atomic E-state index is 13.2. The molecule has 0 saturated carbocycles. The Balaban J connectivity index is 1.48. The number of hydrogen-bond acceptors (Lipinski definition) is 5. The van der Waals surface area contributed by atoms with E-state index in [1.54, 1.807) is 12.1 Å². The molecule has 1 amide bonds. The molecule has 3 aromatic carbocycles. The fourth-order valence-electron chi connectivity index (χ4n) is 2.88. The molecule has 1 heterocycles. The van der Waals surface area contributed by atoms with E-state index >= 15 is 0 Å². The molecule has 0 aliphatic carbocycles. The molecule has 4 rings (SSSR count). The summed E-state index contributed by atoms with van der Waals surface area (Å²) < 4.78 is 15.1. The van der Waals surface area contributed by atoms with Crippen molar-refractivity contribution in [1.29, 1.82) is 0 Å². The summed E-state index contributed by atoms with van der Waals surface area (Å²) in [5, 5.41) is 13.1. The lowest BCUT2D eigenvalue weighted by Crippen LogP contribution is -2.20. The van der Waals surface area contributed by atoms with Crippen molar-refractivity contribution in [3.63, 3.8) is 0 Å². The zero-order chi connectivity index (χ0) is 21.5. The summed E-state index contributed by atoms with van der Waals surface area (Å²) in [6, 6.07) is 25.4. The summed E-state index contributed by atoms with van der Waals surface area (Å²) >= 11 is 1.26. The molecule has 6 nitrogen and oxygen atoms in total. The molecule has 1 N–H and O–H groups in total. The van der Waals surface area contributed by atoms with Crippen LogP contribution in [0.15, 0.2) is 95.2 Å². The zero-order valence-electron chi connectivity index (χ0n) is 16.4. The molecule has 0 saturated heterocycles. The molecule has 0 fully saturated rings. The van der Waals surface area contributed by atoms with Crippen LogP contribution in [0, 0.1) is 5.82 Å². The van der Waals surface area contributed by atoms with Gasteiger partial charge in [-0.3, -0.25) is 9.36 Å². The van der Waals surface area contributed by atoms with E-state index < -0.39 is 0 Å². The molecule has 31 heavy (non-hydrogen) atoms. The largest absolute Gasteiger partial charge is 0.272 e. The Bertz CT molecular complexity index is 1200. The van der Waals surface area contributed by atoms with Gasteiger partial charge in [0.2, 0.25) is 0 Å². The average Bonchev–Trinajstić information content (AvgIpc) is 3.23. The predicted octanol–water partition coefficient (Wildman–Crippen LogP) is 4.32. The van der Waals surface area contributed by atoms with E-state index in [4.69, 9.17) is 0 Å². The maximum atomic E-state index is 13.2. The third kappa shape index (κ3) is 5.23. The number of rotatable bonds is 7. The van der Waals surface area contributed by atoms with Crippen LogP contribution in [0.2, 0.25) is 0 Å². The molecular weight excluding hydrogens is 413 g/mol. The van der Waals surface area contributed by atoms with Crippen LogP contribution in [0.5, 0.6) is 0 Å². The first-order chi connectivity index (χ1) is 15.2. The van der Waals surface area contributed by atoms with Gasteiger partial charge in [0.05, 0.1) is 12.0 Å². The van der Waals surface area contributed by atoms with Gasteiger partial charge in [-0.2, -0.15) is 5.10 Å². The highest BCUT2D eigenvalue weighted by Gasteiger charge is 2.16. The van der Waals surface area contributed by atoms with Crippen molar-refractivity contribution < 1.29 is 9.18 Å². The second-order valence-electron chi connectivity index (χ2n) is 6.48. The van der Waals surface area contributed by atoms with Gasteiger partial charge in [-0.25, -0.2) is 9.82 Å². The second kappa shape index (κ2) is 9.82. The normalized spacial score (nSPS) is 11.0. The van der Waals surface area contributed by atoms with Gasteiger partial charge in [0.1, 0.15) is 5.82 Å². The Labute approximate surface area is 182 Å². The van der Waals surface area contributed by atoms with Crippen molar-refractivity contribution in [3.8, 4) is 17.1 Å². The van der Waals surface area contributed by atoms with Crippen LogP contribution >= 0.6 is 11.8 Å². The Morgan fingerprint density at radius 1 is 1.00 bits per heavy atom. The van der Waals surface area contributed by atoms with Crippen molar-refractivity contribution in [3.05, 3.63) is 96.3 Å². The van der Waals surface area contributed by atoms with Crippen LogP contribution in [0.1, 0.15) is 5.56 Å². The zero-order valence-corrected chi connectivity index (χ0v) is 17.2. The lowest BCUT2D eigenvalue weighted by molar-refractivity contribution is -0.118. The molecule has 1 aromatic heterocycles. The van der Waals surface area contributed by atoms with Crippen molar-refractivity contribution in [2.45, 2.75) is 5.16 Å². The minimum absolute atomic E-state index is 0.0975. The van der Waals surface area contributed by atoms with Gasteiger partial charge in [0, 0.05) is 11.3 Å². The van der Waals surface area contributed by atoms with Crippen molar-refractivity contribution in [1.82, 2.24) is 20.2 Å². The van der Waals surface area contributed by atoms with Crippen molar-refractivity contribution in [2.75, 3.05) is 5.75 Å². The first-order valence-electron chi connectivity index (χ1n) is 9.47. The van der Waals surface area contributed by atoms with E-state index in [1.807, 2.05) is 65.2 Å². The van der Waals surface area contributed by atoms with E-state index in [0.29, 0.717) is 16.5 Å². The fourth-order valence-corrected chi connectivity index (χ4v) is 3.62. The lowest BCUT2D eigenvalue weighted by atomic mass is 10.2. The minimum Gasteiger partial charge on any atom is -0.272 e. The third-order valence-corrected chi connectivity index (χ3v) is 5.19.